The SMILES string of the molecule is CN(/C=C\C1=C(NC=O)C(C(N)=O)CC1)CCCl. The summed E-state index contributed by atoms with van der Waals surface area (Å²) in [7, 11) is 1.91. The molecule has 0 aliphatic heterocycles. The van der Waals surface area contributed by atoms with Crippen LogP contribution in [0, 0.1) is 5.92 Å². The number of nitrogens with zero attached hydrogens (tertiary/aromatic N) is 1. The average molecular weight is 272 g/mol. The predicted octanol–water partition coefficient (Wildman–Crippen LogP) is 0.566. The third-order valence-electron chi connectivity index (χ3n) is 2.92. The first-order valence-corrected chi connectivity index (χ1v) is 6.30. The number of nitrogens with one attached hydrogen (secondary N) is 1. The molecule has 3 N–H and O–H groups in total. The van der Waals surface area contributed by atoms with Crippen LogP contribution in [0.4, 0.5) is 0 Å². The molecular weight excluding hydrogens is 254 g/mol. The van der Waals surface area contributed by atoms with Gasteiger partial charge < -0.3 is 16.0 Å². The molecular formula is C12H18ClN3O2. The zero-order valence-corrected chi connectivity index (χ0v) is 11.1. The highest BCUT2D eigenvalue weighted by atomic mass is 35.5. The van der Waals surface area contributed by atoms with Crippen LogP contribution in [0.3, 0.4) is 0 Å². The van der Waals surface area contributed by atoms with E-state index < -0.39 is 11.8 Å². The number of primary amides is 1. The van der Waals surface area contributed by atoms with Crippen molar-refractivity contribution in [3.8, 4) is 0 Å². The molecule has 100 valence electrons. The third kappa shape index (κ3) is 3.77. The minimum absolute atomic E-state index is 0.395. The van der Waals surface area contributed by atoms with Gasteiger partial charge in [0.1, 0.15) is 0 Å². The second-order valence-electron chi connectivity index (χ2n) is 4.18. The van der Waals surface area contributed by atoms with Crippen LogP contribution in [0.2, 0.25) is 0 Å². The van der Waals surface area contributed by atoms with Crippen molar-refractivity contribution >= 4 is 23.9 Å². The van der Waals surface area contributed by atoms with Crippen molar-refractivity contribution in [1.29, 1.82) is 0 Å². The van der Waals surface area contributed by atoms with Crippen molar-refractivity contribution in [1.82, 2.24) is 10.2 Å². The summed E-state index contributed by atoms with van der Waals surface area (Å²) >= 11 is 5.63. The molecule has 0 aromatic heterocycles. The Morgan fingerprint density at radius 3 is 2.94 bits per heavy atom. The third-order valence-corrected chi connectivity index (χ3v) is 3.09. The van der Waals surface area contributed by atoms with Crippen LogP contribution < -0.4 is 11.1 Å². The lowest BCUT2D eigenvalue weighted by molar-refractivity contribution is -0.120. The van der Waals surface area contributed by atoms with Gasteiger partial charge in [0.05, 0.1) is 5.92 Å². The highest BCUT2D eigenvalue weighted by molar-refractivity contribution is 6.18. The number of nitrogens with two attached hydrogens (primary N) is 1. The van der Waals surface area contributed by atoms with Crippen LogP contribution in [-0.4, -0.2) is 36.7 Å². The van der Waals surface area contributed by atoms with Crippen LogP contribution in [-0.2, 0) is 9.59 Å². The number of carbonyl (C=O) groups is 2. The molecule has 0 heterocycles. The van der Waals surface area contributed by atoms with Gasteiger partial charge >= 0.3 is 0 Å². The quantitative estimate of drug-likeness (QED) is 0.525. The topological polar surface area (TPSA) is 75.4 Å². The molecule has 0 spiro atoms. The Balaban J connectivity index is 2.82. The van der Waals surface area contributed by atoms with Gasteiger partial charge in [-0.3, -0.25) is 9.59 Å². The van der Waals surface area contributed by atoms with Crippen molar-refractivity contribution in [2.45, 2.75) is 12.8 Å². The highest BCUT2D eigenvalue weighted by Crippen LogP contribution is 2.30. The summed E-state index contributed by atoms with van der Waals surface area (Å²) in [5.74, 6) is -0.256. The Morgan fingerprint density at radius 2 is 2.39 bits per heavy atom. The Morgan fingerprint density at radius 1 is 1.67 bits per heavy atom. The normalized spacial score (nSPS) is 19.3. The number of allylic oxidation sites excluding steroid dienone is 2. The van der Waals surface area contributed by atoms with E-state index in [-0.39, 0.29) is 0 Å². The Labute approximate surface area is 112 Å². The van der Waals surface area contributed by atoms with Crippen molar-refractivity contribution in [3.63, 3.8) is 0 Å². The van der Waals surface area contributed by atoms with Crippen molar-refractivity contribution in [2.24, 2.45) is 11.7 Å². The summed E-state index contributed by atoms with van der Waals surface area (Å²) < 4.78 is 0. The molecule has 0 saturated heterocycles. The van der Waals surface area contributed by atoms with E-state index in [0.29, 0.717) is 24.4 Å². The van der Waals surface area contributed by atoms with Crippen molar-refractivity contribution in [3.05, 3.63) is 23.5 Å². The van der Waals surface area contributed by atoms with Crippen LogP contribution in [0.25, 0.3) is 0 Å². The minimum Gasteiger partial charge on any atom is -0.379 e. The van der Waals surface area contributed by atoms with E-state index in [2.05, 4.69) is 5.32 Å². The Bertz CT molecular complexity index is 380. The minimum atomic E-state index is -0.406. The lowest BCUT2D eigenvalue weighted by Crippen LogP contribution is -2.28. The molecule has 0 saturated carbocycles. The number of hydrogen-bond acceptors (Lipinski definition) is 3. The molecule has 0 aromatic rings. The van der Waals surface area contributed by atoms with E-state index >= 15 is 0 Å². The van der Waals surface area contributed by atoms with Gasteiger partial charge in [-0.05, 0) is 30.7 Å². The van der Waals surface area contributed by atoms with Gasteiger partial charge in [-0.25, -0.2) is 0 Å². The standard InChI is InChI=1S/C12H18ClN3O2/c1-16(7-5-13)6-4-9-2-3-10(12(14)18)11(9)15-8-17/h4,6,8,10H,2-3,5,7H2,1H3,(H2,14,18)(H,15,17)/b6-4-. The first kappa shape index (κ1) is 14.6. The maximum absolute atomic E-state index is 11.3. The van der Waals surface area contributed by atoms with Crippen LogP contribution in [0.5, 0.6) is 0 Å². The molecule has 0 radical (unpaired) electrons. The largest absolute Gasteiger partial charge is 0.379 e. The molecule has 0 aromatic carbocycles. The molecule has 0 bridgehead atoms. The average Bonchev–Trinajstić information content (AvgIpc) is 2.71. The van der Waals surface area contributed by atoms with Crippen LogP contribution in [0.1, 0.15) is 12.8 Å². The Hall–Kier alpha value is -1.49. The summed E-state index contributed by atoms with van der Waals surface area (Å²) in [6, 6.07) is 0. The maximum atomic E-state index is 11.3. The van der Waals surface area contributed by atoms with Crippen molar-refractivity contribution in [2.75, 3.05) is 19.5 Å². The van der Waals surface area contributed by atoms with E-state index in [1.807, 2.05) is 24.2 Å². The second kappa shape index (κ2) is 7.06. The first-order chi connectivity index (χ1) is 8.60. The van der Waals surface area contributed by atoms with Gasteiger partial charge in [-0.2, -0.15) is 0 Å². The molecule has 1 rings (SSSR count). The molecule has 1 aliphatic carbocycles. The molecule has 6 heteroatoms. The van der Waals surface area contributed by atoms with E-state index in [0.717, 1.165) is 18.5 Å². The second-order valence-corrected chi connectivity index (χ2v) is 4.56. The molecule has 0 fully saturated rings. The summed E-state index contributed by atoms with van der Waals surface area (Å²) in [6.45, 7) is 0.737. The highest BCUT2D eigenvalue weighted by Gasteiger charge is 2.28. The number of amides is 2. The van der Waals surface area contributed by atoms with Crippen LogP contribution in [0.15, 0.2) is 23.5 Å². The van der Waals surface area contributed by atoms with E-state index in [4.69, 9.17) is 17.3 Å². The molecule has 1 unspecified atom stereocenters. The molecule has 5 nitrogen and oxygen atoms in total. The van der Waals surface area contributed by atoms with Crippen molar-refractivity contribution < 1.29 is 9.59 Å². The van der Waals surface area contributed by atoms with E-state index in [1.54, 1.807) is 0 Å². The van der Waals surface area contributed by atoms with Gasteiger partial charge in [0.25, 0.3) is 0 Å². The van der Waals surface area contributed by atoms with Crippen LogP contribution >= 0.6 is 11.6 Å². The van der Waals surface area contributed by atoms with Gasteiger partial charge in [0.2, 0.25) is 12.3 Å². The zero-order valence-electron chi connectivity index (χ0n) is 10.4. The van der Waals surface area contributed by atoms with E-state index in [1.165, 1.54) is 0 Å². The molecule has 1 atom stereocenters. The van der Waals surface area contributed by atoms with Gasteiger partial charge in [-0.1, -0.05) is 0 Å². The molecule has 2 amide bonds. The molecule has 18 heavy (non-hydrogen) atoms. The number of halogens is 1. The predicted molar refractivity (Wildman–Crippen MR) is 70.6 cm³/mol. The summed E-state index contributed by atoms with van der Waals surface area (Å²) in [5.41, 5.74) is 6.86. The fourth-order valence-electron chi connectivity index (χ4n) is 1.94. The maximum Gasteiger partial charge on any atom is 0.226 e. The summed E-state index contributed by atoms with van der Waals surface area (Å²) in [4.78, 5) is 23.8. The Kier molecular flexibility index (Phi) is 5.71. The summed E-state index contributed by atoms with van der Waals surface area (Å²) in [5, 5.41) is 2.58. The number of rotatable bonds is 7. The van der Waals surface area contributed by atoms with E-state index in [9.17, 15) is 9.59 Å². The monoisotopic (exact) mass is 271 g/mol. The fraction of sp³-hybridized carbons (Fsp3) is 0.500. The summed E-state index contributed by atoms with van der Waals surface area (Å²) in [6.07, 6.45) is 5.72. The fourth-order valence-corrected chi connectivity index (χ4v) is 2.21. The number of carbonyl (C=O) groups excluding carboxylic acids is 2. The van der Waals surface area contributed by atoms with Gasteiger partial charge in [-0.15, -0.1) is 11.6 Å². The zero-order chi connectivity index (χ0) is 13.5. The lowest BCUT2D eigenvalue weighted by Gasteiger charge is -2.12. The smallest absolute Gasteiger partial charge is 0.226 e. The van der Waals surface area contributed by atoms with Gasteiger partial charge in [0, 0.05) is 25.2 Å². The molecule has 1 aliphatic rings. The lowest BCUT2D eigenvalue weighted by atomic mass is 10.1. The van der Waals surface area contributed by atoms with Gasteiger partial charge in [0.15, 0.2) is 0 Å². The first-order valence-electron chi connectivity index (χ1n) is 5.77. The number of hydrogen-bond donors (Lipinski definition) is 2. The number of alkyl halides is 1.